The van der Waals surface area contributed by atoms with E-state index in [4.69, 9.17) is 0 Å². The Morgan fingerprint density at radius 2 is 1.55 bits per heavy atom. The van der Waals surface area contributed by atoms with Crippen LogP contribution in [0.15, 0.2) is 60.0 Å². The van der Waals surface area contributed by atoms with Crippen LogP contribution in [0, 0.1) is 13.8 Å². The summed E-state index contributed by atoms with van der Waals surface area (Å²) < 4.78 is 0. The molecule has 3 aromatic rings. The maximum Gasteiger partial charge on any atom is 0.265 e. The summed E-state index contributed by atoms with van der Waals surface area (Å²) in [6.07, 6.45) is 0. The molecule has 0 aliphatic carbocycles. The van der Waals surface area contributed by atoms with Crippen LogP contribution >= 0.6 is 11.3 Å². The van der Waals surface area contributed by atoms with Crippen LogP contribution in [0.25, 0.3) is 0 Å². The maximum atomic E-state index is 12.6. The van der Waals surface area contributed by atoms with E-state index in [1.54, 1.807) is 36.4 Å². The number of aryl methyl sites for hydroxylation is 2. The van der Waals surface area contributed by atoms with E-state index in [0.717, 1.165) is 16.8 Å². The van der Waals surface area contributed by atoms with Crippen molar-refractivity contribution in [1.82, 2.24) is 5.32 Å². The highest BCUT2D eigenvalue weighted by Gasteiger charge is 2.16. The van der Waals surface area contributed by atoms with Gasteiger partial charge < -0.3 is 16.0 Å². The normalized spacial score (nSPS) is 10.3. The van der Waals surface area contributed by atoms with Crippen molar-refractivity contribution in [3.8, 4) is 0 Å². The molecule has 0 radical (unpaired) electrons. The zero-order valence-corrected chi connectivity index (χ0v) is 16.9. The molecule has 148 valence electrons. The lowest BCUT2D eigenvalue weighted by molar-refractivity contribution is -0.115. The minimum absolute atomic E-state index is 0.181. The SMILES string of the molecule is Cc1cccc(C)c1NC(=O)CNC(=O)c1ccccc1NC(=O)c1cccs1. The lowest BCUT2D eigenvalue weighted by atomic mass is 10.1. The fourth-order valence-electron chi connectivity index (χ4n) is 2.83. The summed E-state index contributed by atoms with van der Waals surface area (Å²) >= 11 is 1.32. The lowest BCUT2D eigenvalue weighted by Gasteiger charge is -2.13. The summed E-state index contributed by atoms with van der Waals surface area (Å²) in [5, 5.41) is 9.99. The number of anilines is 2. The molecule has 1 heterocycles. The Morgan fingerprint density at radius 1 is 0.828 bits per heavy atom. The van der Waals surface area contributed by atoms with Crippen LogP contribution < -0.4 is 16.0 Å². The third-order valence-corrected chi connectivity index (χ3v) is 5.19. The molecule has 0 aliphatic rings. The van der Waals surface area contributed by atoms with E-state index in [2.05, 4.69) is 16.0 Å². The van der Waals surface area contributed by atoms with Crippen molar-refractivity contribution in [2.45, 2.75) is 13.8 Å². The molecule has 3 N–H and O–H groups in total. The smallest absolute Gasteiger partial charge is 0.265 e. The summed E-state index contributed by atoms with van der Waals surface area (Å²) in [5.74, 6) is -1.05. The van der Waals surface area contributed by atoms with E-state index in [-0.39, 0.29) is 23.9 Å². The van der Waals surface area contributed by atoms with Gasteiger partial charge in [0.15, 0.2) is 0 Å². The van der Waals surface area contributed by atoms with Gasteiger partial charge in [-0.25, -0.2) is 0 Å². The van der Waals surface area contributed by atoms with E-state index < -0.39 is 5.91 Å². The number of rotatable bonds is 6. The summed E-state index contributed by atoms with van der Waals surface area (Å²) in [4.78, 5) is 37.7. The molecule has 6 nitrogen and oxygen atoms in total. The molecule has 0 aliphatic heterocycles. The number of para-hydroxylation sites is 2. The van der Waals surface area contributed by atoms with Gasteiger partial charge in [0, 0.05) is 5.69 Å². The van der Waals surface area contributed by atoms with E-state index in [0.29, 0.717) is 10.6 Å². The second-order valence-corrected chi connectivity index (χ2v) is 7.42. The van der Waals surface area contributed by atoms with Crippen molar-refractivity contribution in [1.29, 1.82) is 0 Å². The van der Waals surface area contributed by atoms with Gasteiger partial charge in [0.05, 0.1) is 22.7 Å². The lowest BCUT2D eigenvalue weighted by Crippen LogP contribution is -2.33. The highest BCUT2D eigenvalue weighted by molar-refractivity contribution is 7.12. The fourth-order valence-corrected chi connectivity index (χ4v) is 3.45. The Labute approximate surface area is 173 Å². The van der Waals surface area contributed by atoms with Gasteiger partial charge in [-0.05, 0) is 48.6 Å². The zero-order valence-electron chi connectivity index (χ0n) is 16.1. The standard InChI is InChI=1S/C22H21N3O3S/c1-14-7-5-8-15(2)20(14)25-19(26)13-23-21(27)16-9-3-4-10-17(16)24-22(28)18-11-6-12-29-18/h3-12H,13H2,1-2H3,(H,23,27)(H,24,28)(H,25,26). The Hall–Kier alpha value is -3.45. The number of carbonyl (C=O) groups is 3. The molecule has 7 heteroatoms. The molecule has 2 aromatic carbocycles. The Bertz CT molecular complexity index is 1020. The number of carbonyl (C=O) groups excluding carboxylic acids is 3. The van der Waals surface area contributed by atoms with Crippen LogP contribution in [0.5, 0.6) is 0 Å². The highest BCUT2D eigenvalue weighted by Crippen LogP contribution is 2.20. The topological polar surface area (TPSA) is 87.3 Å². The second kappa shape index (κ2) is 9.16. The number of amides is 3. The minimum atomic E-state index is -0.441. The number of hydrogen-bond acceptors (Lipinski definition) is 4. The molecule has 0 saturated heterocycles. The van der Waals surface area contributed by atoms with Crippen LogP contribution in [-0.2, 0) is 4.79 Å². The van der Waals surface area contributed by atoms with Gasteiger partial charge in [-0.2, -0.15) is 0 Å². The summed E-state index contributed by atoms with van der Waals surface area (Å²) in [7, 11) is 0. The van der Waals surface area contributed by atoms with Crippen LogP contribution in [-0.4, -0.2) is 24.3 Å². The van der Waals surface area contributed by atoms with Crippen molar-refractivity contribution in [2.75, 3.05) is 17.2 Å². The third-order valence-electron chi connectivity index (χ3n) is 4.32. The van der Waals surface area contributed by atoms with Crippen molar-refractivity contribution in [3.05, 3.63) is 81.5 Å². The van der Waals surface area contributed by atoms with Crippen LogP contribution in [0.3, 0.4) is 0 Å². The molecular formula is C22H21N3O3S. The molecule has 0 atom stereocenters. The van der Waals surface area contributed by atoms with Gasteiger partial charge in [-0.15, -0.1) is 11.3 Å². The molecule has 0 fully saturated rings. The average molecular weight is 407 g/mol. The molecule has 0 spiro atoms. The number of nitrogens with one attached hydrogen (secondary N) is 3. The Morgan fingerprint density at radius 3 is 2.24 bits per heavy atom. The average Bonchev–Trinajstić information content (AvgIpc) is 3.24. The predicted octanol–water partition coefficient (Wildman–Crippen LogP) is 3.99. The molecular weight excluding hydrogens is 386 g/mol. The predicted molar refractivity (Wildman–Crippen MR) is 116 cm³/mol. The molecule has 29 heavy (non-hydrogen) atoms. The van der Waals surface area contributed by atoms with Gasteiger partial charge in [0.2, 0.25) is 5.91 Å². The van der Waals surface area contributed by atoms with Crippen molar-refractivity contribution < 1.29 is 14.4 Å². The second-order valence-electron chi connectivity index (χ2n) is 6.47. The Balaban J connectivity index is 1.64. The number of thiophene rings is 1. The van der Waals surface area contributed by atoms with Crippen LogP contribution in [0.1, 0.15) is 31.2 Å². The molecule has 0 unspecified atom stereocenters. The first kappa shape index (κ1) is 20.3. The first-order chi connectivity index (χ1) is 14.0. The monoisotopic (exact) mass is 407 g/mol. The van der Waals surface area contributed by atoms with Crippen molar-refractivity contribution >= 4 is 40.4 Å². The Kier molecular flexibility index (Phi) is 6.41. The van der Waals surface area contributed by atoms with Crippen molar-refractivity contribution in [3.63, 3.8) is 0 Å². The minimum Gasteiger partial charge on any atom is -0.343 e. The van der Waals surface area contributed by atoms with E-state index in [1.165, 1.54) is 11.3 Å². The molecule has 3 rings (SSSR count). The summed E-state index contributed by atoms with van der Waals surface area (Å²) in [5.41, 5.74) is 3.32. The van der Waals surface area contributed by atoms with E-state index in [1.807, 2.05) is 37.4 Å². The van der Waals surface area contributed by atoms with Gasteiger partial charge in [-0.1, -0.05) is 36.4 Å². The van der Waals surface area contributed by atoms with Gasteiger partial charge in [0.1, 0.15) is 0 Å². The zero-order chi connectivity index (χ0) is 20.8. The largest absolute Gasteiger partial charge is 0.343 e. The molecule has 0 bridgehead atoms. The van der Waals surface area contributed by atoms with Gasteiger partial charge in [-0.3, -0.25) is 14.4 Å². The van der Waals surface area contributed by atoms with Crippen LogP contribution in [0.4, 0.5) is 11.4 Å². The van der Waals surface area contributed by atoms with Gasteiger partial charge in [0.25, 0.3) is 11.8 Å². The van der Waals surface area contributed by atoms with E-state index in [9.17, 15) is 14.4 Å². The maximum absolute atomic E-state index is 12.6. The molecule has 0 saturated carbocycles. The van der Waals surface area contributed by atoms with E-state index >= 15 is 0 Å². The first-order valence-corrected chi connectivity index (χ1v) is 9.92. The summed E-state index contributed by atoms with van der Waals surface area (Å²) in [6, 6.07) is 15.9. The molecule has 3 amide bonds. The van der Waals surface area contributed by atoms with Gasteiger partial charge >= 0.3 is 0 Å². The van der Waals surface area contributed by atoms with Crippen LogP contribution in [0.2, 0.25) is 0 Å². The third kappa shape index (κ3) is 5.08. The molecule has 1 aromatic heterocycles. The van der Waals surface area contributed by atoms with Crippen molar-refractivity contribution in [2.24, 2.45) is 0 Å². The number of hydrogen-bond donors (Lipinski definition) is 3. The summed E-state index contributed by atoms with van der Waals surface area (Å²) in [6.45, 7) is 3.64. The number of benzene rings is 2. The highest BCUT2D eigenvalue weighted by atomic mass is 32.1. The first-order valence-electron chi connectivity index (χ1n) is 9.04. The quantitative estimate of drug-likeness (QED) is 0.577. The fraction of sp³-hybridized carbons (Fsp3) is 0.136.